The van der Waals surface area contributed by atoms with E-state index in [4.69, 9.17) is 0 Å². The van der Waals surface area contributed by atoms with E-state index in [0.29, 0.717) is 18.5 Å². The van der Waals surface area contributed by atoms with Gasteiger partial charge >= 0.3 is 0 Å². The van der Waals surface area contributed by atoms with E-state index in [1.165, 1.54) is 24.8 Å². The summed E-state index contributed by atoms with van der Waals surface area (Å²) in [6, 6.07) is 18.8. The van der Waals surface area contributed by atoms with Crippen molar-refractivity contribution in [3.8, 4) is 0 Å². The van der Waals surface area contributed by atoms with Crippen LogP contribution in [-0.2, 0) is 6.54 Å². The highest BCUT2D eigenvalue weighted by molar-refractivity contribution is 5.99. The average molecular weight is 348 g/mol. The molecular weight excluding hydrogens is 320 g/mol. The van der Waals surface area contributed by atoms with Crippen LogP contribution in [0.2, 0.25) is 0 Å². The second-order valence-electron chi connectivity index (χ2n) is 7.95. The molecule has 2 aliphatic rings. The quantitative estimate of drug-likeness (QED) is 0.864. The number of nitrogens with zero attached hydrogens (tertiary/aromatic N) is 1. The van der Waals surface area contributed by atoms with Crippen LogP contribution in [-0.4, -0.2) is 16.8 Å². The zero-order valence-corrected chi connectivity index (χ0v) is 15.7. The Balaban J connectivity index is 1.62. The molecule has 1 heterocycles. The molecule has 1 aliphatic heterocycles. The number of fused-ring (bicyclic) bond motifs is 1. The van der Waals surface area contributed by atoms with Crippen molar-refractivity contribution in [3.63, 3.8) is 0 Å². The highest BCUT2D eigenvalue weighted by atomic mass is 16.2. The molecule has 0 spiro atoms. The summed E-state index contributed by atoms with van der Waals surface area (Å²) >= 11 is 0. The molecule has 136 valence electrons. The maximum atomic E-state index is 13.1. The van der Waals surface area contributed by atoms with Gasteiger partial charge in [0.05, 0.1) is 0 Å². The lowest BCUT2D eigenvalue weighted by Crippen LogP contribution is -2.46. The fraction of sp³-hybridized carbons (Fsp3) is 0.435. The maximum Gasteiger partial charge on any atom is 0.256 e. The smallest absolute Gasteiger partial charge is 0.256 e. The van der Waals surface area contributed by atoms with Crippen molar-refractivity contribution in [3.05, 3.63) is 71.3 Å². The van der Waals surface area contributed by atoms with Gasteiger partial charge in [-0.25, -0.2) is 0 Å². The average Bonchev–Trinajstić information content (AvgIpc) is 2.92. The highest BCUT2D eigenvalue weighted by Gasteiger charge is 2.39. The minimum atomic E-state index is -0.0309. The molecule has 2 aromatic carbocycles. The lowest BCUT2D eigenvalue weighted by atomic mass is 9.78. The number of amides is 1. The molecule has 3 heteroatoms. The van der Waals surface area contributed by atoms with Gasteiger partial charge in [0.15, 0.2) is 0 Å². The third kappa shape index (κ3) is 3.16. The summed E-state index contributed by atoms with van der Waals surface area (Å²) in [4.78, 5) is 15.1. The summed E-state index contributed by atoms with van der Waals surface area (Å²) < 4.78 is 0. The number of carbonyl (C=O) groups excluding carboxylic acids is 1. The molecule has 0 radical (unpaired) electrons. The predicted octanol–water partition coefficient (Wildman–Crippen LogP) is 4.76. The minimum Gasteiger partial charge on any atom is -0.315 e. The van der Waals surface area contributed by atoms with Gasteiger partial charge in [0, 0.05) is 23.7 Å². The molecule has 1 fully saturated rings. The first-order chi connectivity index (χ1) is 12.6. The van der Waals surface area contributed by atoms with Crippen molar-refractivity contribution in [2.75, 3.05) is 0 Å². The molecule has 2 aromatic rings. The molecular formula is C23H28N2O. The summed E-state index contributed by atoms with van der Waals surface area (Å²) in [6.45, 7) is 5.35. The van der Waals surface area contributed by atoms with Crippen LogP contribution in [0.1, 0.15) is 60.8 Å². The summed E-state index contributed by atoms with van der Waals surface area (Å²) in [5.41, 5.74) is 3.14. The number of benzene rings is 2. The summed E-state index contributed by atoms with van der Waals surface area (Å²) in [7, 11) is 0. The number of hydrogen-bond acceptors (Lipinski definition) is 2. The molecule has 3 nitrogen and oxygen atoms in total. The van der Waals surface area contributed by atoms with Crippen LogP contribution in [0.15, 0.2) is 54.6 Å². The van der Waals surface area contributed by atoms with E-state index >= 15 is 0 Å². The number of hydrogen-bond donors (Lipinski definition) is 1. The Morgan fingerprint density at radius 2 is 1.73 bits per heavy atom. The molecule has 1 N–H and O–H groups in total. The van der Waals surface area contributed by atoms with Gasteiger partial charge in [-0.3, -0.25) is 10.1 Å². The predicted molar refractivity (Wildman–Crippen MR) is 105 cm³/mol. The van der Waals surface area contributed by atoms with Gasteiger partial charge in [-0.05, 0) is 29.9 Å². The first-order valence-electron chi connectivity index (χ1n) is 9.85. The van der Waals surface area contributed by atoms with Gasteiger partial charge in [-0.1, -0.05) is 75.2 Å². The van der Waals surface area contributed by atoms with Gasteiger partial charge < -0.3 is 4.90 Å². The van der Waals surface area contributed by atoms with Crippen molar-refractivity contribution < 1.29 is 4.79 Å². The van der Waals surface area contributed by atoms with Gasteiger partial charge in [-0.15, -0.1) is 0 Å². The molecule has 26 heavy (non-hydrogen) atoms. The molecule has 0 saturated heterocycles. The largest absolute Gasteiger partial charge is 0.315 e. The van der Waals surface area contributed by atoms with Crippen molar-refractivity contribution in [2.24, 2.45) is 11.8 Å². The van der Waals surface area contributed by atoms with Gasteiger partial charge in [0.1, 0.15) is 6.17 Å². The Morgan fingerprint density at radius 3 is 2.54 bits per heavy atom. The van der Waals surface area contributed by atoms with E-state index in [9.17, 15) is 4.79 Å². The maximum absolute atomic E-state index is 13.1. The Morgan fingerprint density at radius 1 is 1.00 bits per heavy atom. The molecule has 0 aromatic heterocycles. The Labute approximate surface area is 156 Å². The summed E-state index contributed by atoms with van der Waals surface area (Å²) in [6.07, 6.45) is 3.74. The monoisotopic (exact) mass is 348 g/mol. The third-order valence-electron chi connectivity index (χ3n) is 6.33. The minimum absolute atomic E-state index is 0.0309. The van der Waals surface area contributed by atoms with Crippen LogP contribution < -0.4 is 5.32 Å². The van der Waals surface area contributed by atoms with Crippen LogP contribution in [0.5, 0.6) is 0 Å². The Hall–Kier alpha value is -2.13. The third-order valence-corrected chi connectivity index (χ3v) is 6.33. The lowest BCUT2D eigenvalue weighted by molar-refractivity contribution is 0.0623. The fourth-order valence-corrected chi connectivity index (χ4v) is 4.51. The zero-order valence-electron chi connectivity index (χ0n) is 15.7. The van der Waals surface area contributed by atoms with Crippen LogP contribution in [0, 0.1) is 11.8 Å². The molecule has 1 aliphatic carbocycles. The van der Waals surface area contributed by atoms with Crippen LogP contribution in [0.3, 0.4) is 0 Å². The Bertz CT molecular complexity index is 773. The summed E-state index contributed by atoms with van der Waals surface area (Å²) in [5, 5.41) is 3.86. The molecule has 1 saturated carbocycles. The molecule has 0 bridgehead atoms. The fourth-order valence-electron chi connectivity index (χ4n) is 4.51. The van der Waals surface area contributed by atoms with Crippen LogP contribution in [0.4, 0.5) is 0 Å². The molecule has 4 rings (SSSR count). The molecule has 1 amide bonds. The first kappa shape index (κ1) is 17.3. The molecule has 4 atom stereocenters. The van der Waals surface area contributed by atoms with E-state index < -0.39 is 0 Å². The second kappa shape index (κ2) is 7.24. The number of rotatable bonds is 4. The van der Waals surface area contributed by atoms with Gasteiger partial charge in [0.25, 0.3) is 5.91 Å². The first-order valence-corrected chi connectivity index (χ1v) is 9.85. The lowest BCUT2D eigenvalue weighted by Gasteiger charge is -2.38. The number of carbonyl (C=O) groups is 1. The standard InChI is InChI=1S/C23H28N2O/c1-16-9-8-14-21(17(16)2)24-22-19-12-6-7-13-20(19)23(26)25(22)15-18-10-4-3-5-11-18/h3-7,10-13,16-17,21-22,24H,8-9,14-15H2,1-2H3/t16-,17-,21+,22-/m1/s1. The molecule has 0 unspecified atom stereocenters. The topological polar surface area (TPSA) is 32.3 Å². The van der Waals surface area contributed by atoms with E-state index in [2.05, 4.69) is 37.4 Å². The van der Waals surface area contributed by atoms with E-state index in [0.717, 1.165) is 17.0 Å². The van der Waals surface area contributed by atoms with Crippen molar-refractivity contribution >= 4 is 5.91 Å². The second-order valence-corrected chi connectivity index (χ2v) is 7.95. The van der Waals surface area contributed by atoms with Crippen molar-refractivity contribution in [1.82, 2.24) is 10.2 Å². The van der Waals surface area contributed by atoms with Gasteiger partial charge in [0.2, 0.25) is 0 Å². The highest BCUT2D eigenvalue weighted by Crippen LogP contribution is 2.36. The van der Waals surface area contributed by atoms with Gasteiger partial charge in [-0.2, -0.15) is 0 Å². The van der Waals surface area contributed by atoms with Crippen molar-refractivity contribution in [1.29, 1.82) is 0 Å². The number of nitrogens with one attached hydrogen (secondary N) is 1. The van der Waals surface area contributed by atoms with Crippen LogP contribution >= 0.6 is 0 Å². The normalized spacial score (nSPS) is 28.2. The van der Waals surface area contributed by atoms with Crippen LogP contribution in [0.25, 0.3) is 0 Å². The van der Waals surface area contributed by atoms with E-state index in [1.807, 2.05) is 41.3 Å². The van der Waals surface area contributed by atoms with Crippen molar-refractivity contribution in [2.45, 2.75) is 51.9 Å². The zero-order chi connectivity index (χ0) is 18.1. The SMILES string of the molecule is C[C@@H]1[C@H](C)CCC[C@@H]1N[C@H]1c2ccccc2C(=O)N1Cc1ccccc1. The Kier molecular flexibility index (Phi) is 4.82. The summed E-state index contributed by atoms with van der Waals surface area (Å²) in [5.74, 6) is 1.50. The van der Waals surface area contributed by atoms with E-state index in [1.54, 1.807) is 0 Å². The van der Waals surface area contributed by atoms with E-state index in [-0.39, 0.29) is 12.1 Å².